The number of hydrogen-bond acceptors (Lipinski definition) is 5. The van der Waals surface area contributed by atoms with Crippen LogP contribution in [-0.4, -0.2) is 37.3 Å². The van der Waals surface area contributed by atoms with Crippen molar-refractivity contribution in [2.45, 2.75) is 32.4 Å². The molecule has 0 saturated carbocycles. The highest BCUT2D eigenvalue weighted by Crippen LogP contribution is 2.30. The van der Waals surface area contributed by atoms with Crippen LogP contribution in [0.25, 0.3) is 0 Å². The molecule has 3 heterocycles. The molecule has 1 amide bonds. The first-order valence-corrected chi connectivity index (χ1v) is 6.31. The van der Waals surface area contributed by atoms with E-state index in [1.165, 1.54) is 0 Å². The van der Waals surface area contributed by atoms with Crippen LogP contribution in [-0.2, 0) is 11.3 Å². The number of likely N-dealkylation sites (tertiary alicyclic amines) is 1. The number of carbonyl (C=O) groups is 1. The summed E-state index contributed by atoms with van der Waals surface area (Å²) in [7, 11) is 0. The summed E-state index contributed by atoms with van der Waals surface area (Å²) >= 11 is 0. The molecule has 7 nitrogen and oxygen atoms in total. The smallest absolute Gasteiger partial charge is 0.249 e. The Morgan fingerprint density at radius 1 is 1.58 bits per heavy atom. The van der Waals surface area contributed by atoms with E-state index in [0.717, 1.165) is 19.4 Å². The summed E-state index contributed by atoms with van der Waals surface area (Å²) in [6.07, 6.45) is 5.26. The van der Waals surface area contributed by atoms with Gasteiger partial charge in [-0.3, -0.25) is 9.48 Å². The summed E-state index contributed by atoms with van der Waals surface area (Å²) in [6.45, 7) is 2.75. The van der Waals surface area contributed by atoms with E-state index in [0.29, 0.717) is 11.7 Å². The second-order valence-electron chi connectivity index (χ2n) is 4.63. The van der Waals surface area contributed by atoms with Crippen LogP contribution in [0.5, 0.6) is 0 Å². The Bertz CT molecular complexity index is 562. The van der Waals surface area contributed by atoms with Gasteiger partial charge >= 0.3 is 0 Å². The molecule has 0 spiro atoms. The highest BCUT2D eigenvalue weighted by molar-refractivity contribution is 5.76. The van der Waals surface area contributed by atoms with E-state index in [4.69, 9.17) is 4.52 Å². The van der Waals surface area contributed by atoms with Gasteiger partial charge in [0.25, 0.3) is 0 Å². The van der Waals surface area contributed by atoms with Crippen molar-refractivity contribution in [3.63, 3.8) is 0 Å². The molecule has 1 aliphatic heterocycles. The molecule has 0 aromatic carbocycles. The molecule has 0 bridgehead atoms. The molecule has 3 rings (SSSR count). The van der Waals surface area contributed by atoms with Gasteiger partial charge < -0.3 is 9.42 Å². The van der Waals surface area contributed by atoms with Gasteiger partial charge in [-0.2, -0.15) is 10.1 Å². The average molecular weight is 261 g/mol. The third-order valence-electron chi connectivity index (χ3n) is 3.26. The second-order valence-corrected chi connectivity index (χ2v) is 4.63. The fourth-order valence-electron chi connectivity index (χ4n) is 2.39. The van der Waals surface area contributed by atoms with E-state index in [2.05, 4.69) is 15.2 Å². The van der Waals surface area contributed by atoms with Gasteiger partial charge in [-0.25, -0.2) is 0 Å². The van der Waals surface area contributed by atoms with Gasteiger partial charge in [0.2, 0.25) is 11.8 Å². The maximum Gasteiger partial charge on any atom is 0.249 e. The number of carbonyl (C=O) groups excluding carboxylic acids is 1. The highest BCUT2D eigenvalue weighted by atomic mass is 16.5. The zero-order valence-corrected chi connectivity index (χ0v) is 10.7. The quantitative estimate of drug-likeness (QED) is 0.821. The van der Waals surface area contributed by atoms with Gasteiger partial charge in [-0.15, -0.1) is 0 Å². The second kappa shape index (κ2) is 4.83. The van der Waals surface area contributed by atoms with E-state index in [1.54, 1.807) is 35.0 Å². The third kappa shape index (κ3) is 2.35. The molecule has 7 heteroatoms. The van der Waals surface area contributed by atoms with E-state index >= 15 is 0 Å². The van der Waals surface area contributed by atoms with Crippen LogP contribution in [0.2, 0.25) is 0 Å². The number of nitrogens with zero attached hydrogens (tertiary/aromatic N) is 5. The van der Waals surface area contributed by atoms with Crippen molar-refractivity contribution >= 4 is 5.91 Å². The largest absolute Gasteiger partial charge is 0.337 e. The summed E-state index contributed by atoms with van der Waals surface area (Å²) < 4.78 is 6.81. The minimum Gasteiger partial charge on any atom is -0.337 e. The zero-order chi connectivity index (χ0) is 13.2. The summed E-state index contributed by atoms with van der Waals surface area (Å²) in [6, 6.07) is 1.71. The molecule has 0 radical (unpaired) electrons. The van der Waals surface area contributed by atoms with Crippen molar-refractivity contribution < 1.29 is 9.32 Å². The van der Waals surface area contributed by atoms with Gasteiger partial charge in [-0.1, -0.05) is 5.16 Å². The molecule has 1 atom stereocenters. The molecule has 1 saturated heterocycles. The van der Waals surface area contributed by atoms with Crippen molar-refractivity contribution in [1.82, 2.24) is 24.8 Å². The van der Waals surface area contributed by atoms with Crippen molar-refractivity contribution in [2.75, 3.05) is 6.54 Å². The molecule has 19 heavy (non-hydrogen) atoms. The Kier molecular flexibility index (Phi) is 3.02. The highest BCUT2D eigenvalue weighted by Gasteiger charge is 2.33. The number of aryl methyl sites for hydroxylation is 1. The van der Waals surface area contributed by atoms with Crippen LogP contribution in [0, 0.1) is 6.92 Å². The zero-order valence-electron chi connectivity index (χ0n) is 10.7. The van der Waals surface area contributed by atoms with Crippen LogP contribution in [0.1, 0.15) is 30.6 Å². The minimum absolute atomic E-state index is 0.0297. The topological polar surface area (TPSA) is 77.0 Å². The fourth-order valence-corrected chi connectivity index (χ4v) is 2.39. The first kappa shape index (κ1) is 11.9. The van der Waals surface area contributed by atoms with Crippen LogP contribution in [0.15, 0.2) is 23.0 Å². The predicted molar refractivity (Wildman–Crippen MR) is 65.0 cm³/mol. The molecule has 0 aliphatic carbocycles. The van der Waals surface area contributed by atoms with Crippen molar-refractivity contribution in [3.05, 3.63) is 30.2 Å². The first-order chi connectivity index (χ1) is 9.24. The van der Waals surface area contributed by atoms with E-state index in [-0.39, 0.29) is 18.5 Å². The molecule has 2 aromatic heterocycles. The van der Waals surface area contributed by atoms with Gasteiger partial charge in [-0.05, 0) is 25.8 Å². The summed E-state index contributed by atoms with van der Waals surface area (Å²) in [5.41, 5.74) is 0. The van der Waals surface area contributed by atoms with E-state index in [1.807, 2.05) is 0 Å². The molecular formula is C12H15N5O2. The predicted octanol–water partition coefficient (Wildman–Crippen LogP) is 0.938. The normalized spacial score (nSPS) is 19.0. The maximum absolute atomic E-state index is 12.3. The lowest BCUT2D eigenvalue weighted by molar-refractivity contribution is -0.133. The lowest BCUT2D eigenvalue weighted by Crippen LogP contribution is -2.33. The molecule has 1 aliphatic rings. The van der Waals surface area contributed by atoms with Crippen LogP contribution in [0.3, 0.4) is 0 Å². The molecule has 1 unspecified atom stereocenters. The minimum atomic E-state index is -0.0933. The molecule has 2 aromatic rings. The van der Waals surface area contributed by atoms with Gasteiger partial charge in [0.05, 0.1) is 0 Å². The van der Waals surface area contributed by atoms with Gasteiger partial charge in [0.15, 0.2) is 5.82 Å². The summed E-state index contributed by atoms with van der Waals surface area (Å²) in [4.78, 5) is 18.3. The van der Waals surface area contributed by atoms with Crippen molar-refractivity contribution in [1.29, 1.82) is 0 Å². The SMILES string of the molecule is Cc1noc(C2CCCN2C(=O)Cn2cccn2)n1. The Morgan fingerprint density at radius 2 is 2.47 bits per heavy atom. The van der Waals surface area contributed by atoms with Gasteiger partial charge in [0.1, 0.15) is 12.6 Å². The Morgan fingerprint density at radius 3 is 3.16 bits per heavy atom. The fraction of sp³-hybridized carbons (Fsp3) is 0.500. The lowest BCUT2D eigenvalue weighted by atomic mass is 10.2. The monoisotopic (exact) mass is 261 g/mol. The molecule has 0 N–H and O–H groups in total. The molecule has 1 fully saturated rings. The first-order valence-electron chi connectivity index (χ1n) is 6.31. The number of amides is 1. The summed E-state index contributed by atoms with van der Waals surface area (Å²) in [5, 5.41) is 7.84. The Balaban J connectivity index is 1.74. The van der Waals surface area contributed by atoms with Crippen LogP contribution >= 0.6 is 0 Å². The number of hydrogen-bond donors (Lipinski definition) is 0. The van der Waals surface area contributed by atoms with Crippen molar-refractivity contribution in [2.24, 2.45) is 0 Å². The van der Waals surface area contributed by atoms with Crippen LogP contribution in [0.4, 0.5) is 0 Å². The summed E-state index contributed by atoms with van der Waals surface area (Å²) in [5.74, 6) is 1.16. The van der Waals surface area contributed by atoms with E-state index in [9.17, 15) is 4.79 Å². The van der Waals surface area contributed by atoms with Crippen molar-refractivity contribution in [3.8, 4) is 0 Å². The van der Waals surface area contributed by atoms with Gasteiger partial charge in [0, 0.05) is 18.9 Å². The molecule has 100 valence electrons. The maximum atomic E-state index is 12.3. The Hall–Kier alpha value is -2.18. The number of rotatable bonds is 3. The lowest BCUT2D eigenvalue weighted by Gasteiger charge is -2.21. The average Bonchev–Trinajstić information content (AvgIpc) is 3.07. The number of aromatic nitrogens is 4. The Labute approximate surface area is 110 Å². The third-order valence-corrected chi connectivity index (χ3v) is 3.26. The molecular weight excluding hydrogens is 246 g/mol. The standard InChI is InChI=1S/C12H15N5O2/c1-9-14-12(19-15-9)10-4-2-7-17(10)11(18)8-16-6-3-5-13-16/h3,5-6,10H,2,4,7-8H2,1H3. The van der Waals surface area contributed by atoms with E-state index < -0.39 is 0 Å². The van der Waals surface area contributed by atoms with Crippen LogP contribution < -0.4 is 0 Å².